The summed E-state index contributed by atoms with van der Waals surface area (Å²) >= 11 is 1.61. The van der Waals surface area contributed by atoms with Crippen LogP contribution in [0.15, 0.2) is 76.2 Å². The summed E-state index contributed by atoms with van der Waals surface area (Å²) in [5.41, 5.74) is 1.20. The van der Waals surface area contributed by atoms with Gasteiger partial charge in [0.2, 0.25) is 0 Å². The number of carbonyl (C=O) groups excluding carboxylic acids is 2. The topological polar surface area (TPSA) is 83.4 Å². The van der Waals surface area contributed by atoms with E-state index in [1.165, 1.54) is 18.4 Å². The van der Waals surface area contributed by atoms with E-state index in [2.05, 4.69) is 16.0 Å². The van der Waals surface area contributed by atoms with Crippen molar-refractivity contribution in [1.29, 1.82) is 0 Å². The van der Waals surface area contributed by atoms with Gasteiger partial charge < -0.3 is 20.4 Å². The fraction of sp³-hybridized carbons (Fsp3) is 0.143. The van der Waals surface area contributed by atoms with Gasteiger partial charge in [0.25, 0.3) is 5.91 Å². The zero-order chi connectivity index (χ0) is 20.5. The van der Waals surface area contributed by atoms with Crippen LogP contribution >= 0.6 is 11.8 Å². The summed E-state index contributed by atoms with van der Waals surface area (Å²) in [5.74, 6) is 0.451. The largest absolute Gasteiger partial charge is 0.459 e. The lowest BCUT2D eigenvalue weighted by Crippen LogP contribution is -2.29. The predicted octanol–water partition coefficient (Wildman–Crippen LogP) is 4.97. The normalized spacial score (nSPS) is 10.4. The highest BCUT2D eigenvalue weighted by Crippen LogP contribution is 2.18. The molecule has 3 amide bonds. The molecule has 3 N–H and O–H groups in total. The molecule has 2 aromatic carbocycles. The second kappa shape index (κ2) is 10.3. The molecule has 29 heavy (non-hydrogen) atoms. The summed E-state index contributed by atoms with van der Waals surface area (Å²) in [4.78, 5) is 24.9. The molecule has 0 saturated heterocycles. The van der Waals surface area contributed by atoms with Crippen LogP contribution in [-0.2, 0) is 0 Å². The lowest BCUT2D eigenvalue weighted by atomic mass is 10.2. The molecule has 8 heteroatoms. The Hall–Kier alpha value is -3.26. The number of furan rings is 1. The first-order valence-corrected chi connectivity index (χ1v) is 9.97. The van der Waals surface area contributed by atoms with E-state index in [-0.39, 0.29) is 23.5 Å². The Labute approximate surface area is 171 Å². The third kappa shape index (κ3) is 6.69. The molecule has 0 aliphatic heterocycles. The van der Waals surface area contributed by atoms with Crippen LogP contribution in [-0.4, -0.2) is 24.2 Å². The minimum atomic E-state index is -0.341. The first-order chi connectivity index (χ1) is 14.1. The van der Waals surface area contributed by atoms with Gasteiger partial charge in [-0.2, -0.15) is 0 Å². The highest BCUT2D eigenvalue weighted by atomic mass is 32.2. The van der Waals surface area contributed by atoms with E-state index in [9.17, 15) is 14.0 Å². The first kappa shape index (κ1) is 20.5. The van der Waals surface area contributed by atoms with Crippen molar-refractivity contribution in [3.8, 4) is 0 Å². The van der Waals surface area contributed by atoms with Gasteiger partial charge in [-0.25, -0.2) is 9.18 Å². The summed E-state index contributed by atoms with van der Waals surface area (Å²) in [6.45, 7) is 0.525. The molecular formula is C21H20FN3O3S. The number of halogens is 1. The molecule has 0 aliphatic rings. The van der Waals surface area contributed by atoms with Crippen LogP contribution in [0.3, 0.4) is 0 Å². The summed E-state index contributed by atoms with van der Waals surface area (Å²) < 4.78 is 17.9. The number of hydrogen-bond acceptors (Lipinski definition) is 4. The number of hydrogen-bond donors (Lipinski definition) is 3. The van der Waals surface area contributed by atoms with Crippen molar-refractivity contribution in [2.24, 2.45) is 0 Å². The van der Waals surface area contributed by atoms with Crippen LogP contribution in [0.2, 0.25) is 0 Å². The highest BCUT2D eigenvalue weighted by molar-refractivity contribution is 7.99. The average molecular weight is 413 g/mol. The van der Waals surface area contributed by atoms with Gasteiger partial charge in [-0.15, -0.1) is 11.8 Å². The number of urea groups is 1. The Morgan fingerprint density at radius 1 is 0.931 bits per heavy atom. The molecule has 3 aromatic rings. The van der Waals surface area contributed by atoms with Gasteiger partial charge in [0.15, 0.2) is 5.76 Å². The highest BCUT2D eigenvalue weighted by Gasteiger charge is 2.08. The molecule has 0 spiro atoms. The Kier molecular flexibility index (Phi) is 7.29. The molecule has 150 valence electrons. The monoisotopic (exact) mass is 413 g/mol. The van der Waals surface area contributed by atoms with Gasteiger partial charge in [0, 0.05) is 22.8 Å². The molecule has 0 aliphatic carbocycles. The molecule has 6 nitrogen and oxygen atoms in total. The van der Waals surface area contributed by atoms with E-state index in [4.69, 9.17) is 4.42 Å². The van der Waals surface area contributed by atoms with Crippen LogP contribution in [0.1, 0.15) is 17.0 Å². The van der Waals surface area contributed by atoms with Gasteiger partial charge in [0.1, 0.15) is 5.82 Å². The molecule has 3 rings (SSSR count). The quantitative estimate of drug-likeness (QED) is 0.359. The lowest BCUT2D eigenvalue weighted by molar-refractivity contribution is 0.0996. The van der Waals surface area contributed by atoms with Crippen molar-refractivity contribution in [3.05, 3.63) is 78.5 Å². The van der Waals surface area contributed by atoms with Crippen molar-refractivity contribution in [2.75, 3.05) is 22.9 Å². The van der Waals surface area contributed by atoms with E-state index in [1.807, 2.05) is 0 Å². The molecule has 0 radical (unpaired) electrons. The summed E-state index contributed by atoms with van der Waals surface area (Å²) in [6, 6.07) is 16.0. The second-order valence-corrected chi connectivity index (χ2v) is 7.21. The Morgan fingerprint density at radius 3 is 2.28 bits per heavy atom. The van der Waals surface area contributed by atoms with E-state index >= 15 is 0 Å². The number of thioether (sulfide) groups is 1. The minimum Gasteiger partial charge on any atom is -0.459 e. The Morgan fingerprint density at radius 2 is 1.62 bits per heavy atom. The Bertz CT molecular complexity index is 929. The molecule has 1 heterocycles. The van der Waals surface area contributed by atoms with Gasteiger partial charge in [-0.1, -0.05) is 0 Å². The van der Waals surface area contributed by atoms with Crippen molar-refractivity contribution >= 4 is 35.1 Å². The maximum atomic E-state index is 12.8. The molecular weight excluding hydrogens is 393 g/mol. The van der Waals surface area contributed by atoms with Gasteiger partial charge in [-0.05, 0) is 72.8 Å². The number of nitrogens with one attached hydrogen (secondary N) is 3. The first-order valence-electron chi connectivity index (χ1n) is 8.98. The van der Waals surface area contributed by atoms with Crippen LogP contribution in [0, 0.1) is 5.82 Å². The van der Waals surface area contributed by atoms with Crippen molar-refractivity contribution < 1.29 is 18.4 Å². The zero-order valence-electron chi connectivity index (χ0n) is 15.5. The Balaban J connectivity index is 1.34. The van der Waals surface area contributed by atoms with Crippen LogP contribution in [0.25, 0.3) is 0 Å². The number of rotatable bonds is 8. The van der Waals surface area contributed by atoms with Gasteiger partial charge in [-0.3, -0.25) is 4.79 Å². The van der Waals surface area contributed by atoms with Crippen LogP contribution in [0.5, 0.6) is 0 Å². The minimum absolute atomic E-state index is 0.226. The van der Waals surface area contributed by atoms with Gasteiger partial charge in [0.05, 0.1) is 6.26 Å². The van der Waals surface area contributed by atoms with Crippen LogP contribution in [0.4, 0.5) is 20.6 Å². The fourth-order valence-corrected chi connectivity index (χ4v) is 3.26. The van der Waals surface area contributed by atoms with E-state index in [0.29, 0.717) is 17.9 Å². The maximum Gasteiger partial charge on any atom is 0.319 e. The average Bonchev–Trinajstić information content (AvgIpc) is 3.26. The fourth-order valence-electron chi connectivity index (χ4n) is 2.41. The third-order valence-corrected chi connectivity index (χ3v) is 4.93. The SMILES string of the molecule is O=C(NCCCSc1ccc(F)cc1)Nc1ccc(NC(=O)c2ccco2)cc1. The van der Waals surface area contributed by atoms with E-state index in [1.54, 1.807) is 60.3 Å². The zero-order valence-corrected chi connectivity index (χ0v) is 16.3. The smallest absolute Gasteiger partial charge is 0.319 e. The number of anilines is 2. The van der Waals surface area contributed by atoms with E-state index < -0.39 is 0 Å². The summed E-state index contributed by atoms with van der Waals surface area (Å²) in [5, 5.41) is 8.23. The van der Waals surface area contributed by atoms with Crippen molar-refractivity contribution in [3.63, 3.8) is 0 Å². The molecule has 1 aromatic heterocycles. The van der Waals surface area contributed by atoms with Crippen molar-refractivity contribution in [1.82, 2.24) is 5.32 Å². The van der Waals surface area contributed by atoms with Crippen LogP contribution < -0.4 is 16.0 Å². The lowest BCUT2D eigenvalue weighted by Gasteiger charge is -2.09. The molecule has 0 unspecified atom stereocenters. The summed E-state index contributed by atoms with van der Waals surface area (Å²) in [7, 11) is 0. The molecule has 0 bridgehead atoms. The standard InChI is InChI=1S/C21H20FN3O3S/c22-15-4-10-18(11-5-15)29-14-2-12-23-21(27)25-17-8-6-16(7-9-17)24-20(26)19-3-1-13-28-19/h1,3-11,13H,2,12,14H2,(H,24,26)(H2,23,25,27). The maximum absolute atomic E-state index is 12.8. The summed E-state index contributed by atoms with van der Waals surface area (Å²) in [6.07, 6.45) is 2.22. The number of carbonyl (C=O) groups is 2. The number of benzene rings is 2. The van der Waals surface area contributed by atoms with Gasteiger partial charge >= 0.3 is 6.03 Å². The third-order valence-electron chi connectivity index (χ3n) is 3.83. The molecule has 0 atom stereocenters. The second-order valence-electron chi connectivity index (χ2n) is 6.05. The predicted molar refractivity (Wildman–Crippen MR) is 112 cm³/mol. The van der Waals surface area contributed by atoms with Crippen molar-refractivity contribution in [2.45, 2.75) is 11.3 Å². The molecule has 0 saturated carbocycles. The number of amides is 3. The van der Waals surface area contributed by atoms with E-state index in [0.717, 1.165) is 17.1 Å². The molecule has 0 fully saturated rings.